The molecular weight excluding hydrogens is 474 g/mol. The highest BCUT2D eigenvalue weighted by Crippen LogP contribution is 2.41. The first kappa shape index (κ1) is 25.0. The summed E-state index contributed by atoms with van der Waals surface area (Å²) in [5.41, 5.74) is 4.12. The minimum absolute atomic E-state index is 0. The van der Waals surface area contributed by atoms with Crippen LogP contribution in [0.2, 0.25) is 0 Å². The highest BCUT2D eigenvalue weighted by atomic mass is 32.1. The number of ether oxygens (including phenoxy) is 1. The molecule has 36 heavy (non-hydrogen) atoms. The lowest BCUT2D eigenvalue weighted by Gasteiger charge is -2.32. The van der Waals surface area contributed by atoms with E-state index in [0.717, 1.165) is 64.2 Å². The largest absolute Gasteiger partial charge is 0.381 e. The molecule has 1 amide bonds. The molecule has 2 fully saturated rings. The minimum Gasteiger partial charge on any atom is -0.381 e. The molecule has 1 aromatic carbocycles. The Kier molecular flexibility index (Phi) is 8.37. The van der Waals surface area contributed by atoms with Gasteiger partial charge in [-0.25, -0.2) is 15.0 Å². The lowest BCUT2D eigenvalue weighted by molar-refractivity contribution is 0.0696. The molecule has 0 aliphatic carbocycles. The Balaban J connectivity index is 0.00000320. The van der Waals surface area contributed by atoms with Crippen LogP contribution >= 0.6 is 11.3 Å². The maximum absolute atomic E-state index is 12.9. The molecule has 0 bridgehead atoms. The first-order valence-corrected chi connectivity index (χ1v) is 13.7. The minimum atomic E-state index is -0.178. The van der Waals surface area contributed by atoms with Gasteiger partial charge in [-0.1, -0.05) is 29.5 Å². The summed E-state index contributed by atoms with van der Waals surface area (Å²) >= 11 is 1.21. The third-order valence-corrected chi connectivity index (χ3v) is 8.01. The number of likely N-dealkylation sites (N-methyl/N-ethyl adjacent to an activating group) is 1. The van der Waals surface area contributed by atoms with Gasteiger partial charge in [0.1, 0.15) is 6.33 Å². The Morgan fingerprint density at radius 3 is 2.81 bits per heavy atom. The van der Waals surface area contributed by atoms with E-state index in [1.807, 2.05) is 0 Å². The first-order valence-electron chi connectivity index (χ1n) is 12.8. The van der Waals surface area contributed by atoms with E-state index in [1.165, 1.54) is 23.2 Å². The molecule has 2 saturated heterocycles. The highest BCUT2D eigenvalue weighted by Gasteiger charge is 2.30. The summed E-state index contributed by atoms with van der Waals surface area (Å²) in [4.78, 5) is 33.5. The predicted molar refractivity (Wildman–Crippen MR) is 143 cm³/mol. The number of fused-ring (bicyclic) bond motifs is 1. The van der Waals surface area contributed by atoms with Gasteiger partial charge in [-0.15, -0.1) is 0 Å². The van der Waals surface area contributed by atoms with E-state index in [4.69, 9.17) is 4.74 Å². The third-order valence-electron chi connectivity index (χ3n) is 7.27. The molecule has 1 aromatic heterocycles. The standard InChI is InChI=1S/C26H35N7O2S.H2/c1-31-10-12-32(13-11-31)9-6-20-17-33(23-5-3-2-4-22(20)23)24-16-28-26(36-19-27-18-29-24)25(34)30-21-7-14-35-15-8-21;/h2-5,16,18-21H,6-15,17H2,1H3,(H,30,34);1H. The summed E-state index contributed by atoms with van der Waals surface area (Å²) in [5.74, 6) is 0.936. The number of nitrogens with one attached hydrogen (secondary N) is 1. The van der Waals surface area contributed by atoms with Crippen molar-refractivity contribution in [2.75, 3.05) is 64.4 Å². The number of anilines is 2. The van der Waals surface area contributed by atoms with Crippen LogP contribution in [-0.2, 0) is 4.74 Å². The Hall–Kier alpha value is -2.66. The van der Waals surface area contributed by atoms with Crippen molar-refractivity contribution in [2.45, 2.75) is 31.2 Å². The number of benzene rings is 1. The molecule has 4 heterocycles. The number of carbonyl (C=O) groups excluding carboxylic acids is 1. The lowest BCUT2D eigenvalue weighted by Crippen LogP contribution is -2.44. The molecule has 194 valence electrons. The fourth-order valence-electron chi connectivity index (χ4n) is 5.09. The molecule has 9 nitrogen and oxygen atoms in total. The number of rotatable bonds is 6. The van der Waals surface area contributed by atoms with E-state index in [2.05, 4.69) is 66.3 Å². The van der Waals surface area contributed by atoms with Crippen LogP contribution in [-0.4, -0.2) is 96.2 Å². The van der Waals surface area contributed by atoms with Crippen molar-refractivity contribution in [1.82, 2.24) is 30.1 Å². The van der Waals surface area contributed by atoms with E-state index >= 15 is 0 Å². The van der Waals surface area contributed by atoms with Crippen molar-refractivity contribution in [3.05, 3.63) is 52.9 Å². The molecule has 1 atom stereocenters. The molecule has 0 radical (unpaired) electrons. The number of hydrogen-bond donors (Lipinski definition) is 1. The summed E-state index contributed by atoms with van der Waals surface area (Å²) < 4.78 is 5.40. The van der Waals surface area contributed by atoms with E-state index < -0.39 is 0 Å². The lowest BCUT2D eigenvalue weighted by atomic mass is 9.97. The van der Waals surface area contributed by atoms with Gasteiger partial charge < -0.3 is 24.8 Å². The SMILES string of the molecule is CN1CCN(CCC2CN(c3cnc(C(=O)NC4CCOCC4)scncn3)c3ccccc32)CC1.[HH]. The van der Waals surface area contributed by atoms with E-state index in [1.54, 1.807) is 11.7 Å². The van der Waals surface area contributed by atoms with Gasteiger partial charge in [0.05, 0.1) is 11.7 Å². The van der Waals surface area contributed by atoms with Crippen molar-refractivity contribution < 1.29 is 11.0 Å². The number of nitrogens with zero attached hydrogens (tertiary/aromatic N) is 6. The summed E-state index contributed by atoms with van der Waals surface area (Å²) in [5, 5.41) is 3.46. The second-order valence-electron chi connectivity index (χ2n) is 9.70. The third kappa shape index (κ3) is 6.18. The van der Waals surface area contributed by atoms with Gasteiger partial charge in [0.15, 0.2) is 10.8 Å². The van der Waals surface area contributed by atoms with Gasteiger partial charge in [-0.3, -0.25) is 4.79 Å². The molecule has 3 aliphatic rings. The van der Waals surface area contributed by atoms with Gasteiger partial charge in [0, 0.05) is 65.0 Å². The van der Waals surface area contributed by atoms with Gasteiger partial charge in [0.2, 0.25) is 0 Å². The van der Waals surface area contributed by atoms with Crippen LogP contribution in [0.25, 0.3) is 0 Å². The predicted octanol–water partition coefficient (Wildman–Crippen LogP) is 3.09. The topological polar surface area (TPSA) is 86.7 Å². The highest BCUT2D eigenvalue weighted by molar-refractivity contribution is 7.11. The normalized spacial score (nSPS) is 21.1. The number of carbonyl (C=O) groups is 1. The fourth-order valence-corrected chi connectivity index (χ4v) is 5.58. The average Bonchev–Trinajstić information content (AvgIpc) is 3.32. The van der Waals surface area contributed by atoms with E-state index in [0.29, 0.717) is 30.0 Å². The summed E-state index contributed by atoms with van der Waals surface area (Å²) in [7, 11) is 2.19. The maximum Gasteiger partial charge on any atom is 0.280 e. The van der Waals surface area contributed by atoms with Crippen molar-refractivity contribution in [1.29, 1.82) is 0 Å². The molecule has 0 saturated carbocycles. The van der Waals surface area contributed by atoms with Gasteiger partial charge in [-0.05, 0) is 44.5 Å². The summed E-state index contributed by atoms with van der Waals surface area (Å²) in [6, 6.07) is 8.68. The monoisotopic (exact) mass is 511 g/mol. The van der Waals surface area contributed by atoms with Crippen molar-refractivity contribution in [3.63, 3.8) is 0 Å². The molecule has 10 heteroatoms. The zero-order valence-electron chi connectivity index (χ0n) is 20.9. The van der Waals surface area contributed by atoms with Crippen LogP contribution in [0.5, 0.6) is 0 Å². The zero-order valence-corrected chi connectivity index (χ0v) is 21.7. The molecule has 1 N–H and O–H groups in total. The quantitative estimate of drug-likeness (QED) is 0.633. The fraction of sp³-hybridized carbons (Fsp3) is 0.538. The van der Waals surface area contributed by atoms with E-state index in [-0.39, 0.29) is 13.4 Å². The van der Waals surface area contributed by atoms with E-state index in [9.17, 15) is 4.79 Å². The number of hydrogen-bond acceptors (Lipinski definition) is 9. The first-order chi connectivity index (χ1) is 17.7. The Morgan fingerprint density at radius 2 is 1.97 bits per heavy atom. The van der Waals surface area contributed by atoms with Crippen molar-refractivity contribution in [2.24, 2.45) is 0 Å². The zero-order chi connectivity index (χ0) is 24.7. The maximum atomic E-state index is 12.9. The number of piperazine rings is 1. The van der Waals surface area contributed by atoms with Crippen LogP contribution in [0.1, 0.15) is 42.0 Å². The van der Waals surface area contributed by atoms with Crippen LogP contribution in [0.15, 0.2) is 42.3 Å². The Bertz CT molecular complexity index is 1090. The summed E-state index contributed by atoms with van der Waals surface area (Å²) in [6.45, 7) is 7.82. The Morgan fingerprint density at radius 1 is 1.17 bits per heavy atom. The van der Waals surface area contributed by atoms with Gasteiger partial charge in [-0.2, -0.15) is 0 Å². The number of amides is 1. The van der Waals surface area contributed by atoms with Gasteiger partial charge >= 0.3 is 0 Å². The second-order valence-corrected chi connectivity index (χ2v) is 10.5. The molecular formula is C26H37N7O2S. The number of para-hydroxylation sites is 1. The van der Waals surface area contributed by atoms with Crippen molar-refractivity contribution >= 4 is 28.7 Å². The molecule has 3 aliphatic heterocycles. The smallest absolute Gasteiger partial charge is 0.280 e. The molecule has 5 rings (SSSR count). The summed E-state index contributed by atoms with van der Waals surface area (Å²) in [6.07, 6.45) is 5.99. The molecule has 1 unspecified atom stereocenters. The second kappa shape index (κ2) is 12.1. The van der Waals surface area contributed by atoms with Crippen molar-refractivity contribution in [3.8, 4) is 0 Å². The van der Waals surface area contributed by atoms with Crippen LogP contribution in [0.4, 0.5) is 11.5 Å². The average molecular weight is 512 g/mol. The van der Waals surface area contributed by atoms with Crippen LogP contribution in [0, 0.1) is 0 Å². The Labute approximate surface area is 218 Å². The molecule has 2 aromatic rings. The number of aromatic nitrogens is 3. The van der Waals surface area contributed by atoms with Gasteiger partial charge in [0.25, 0.3) is 5.91 Å². The molecule has 0 spiro atoms. The van der Waals surface area contributed by atoms with Crippen LogP contribution < -0.4 is 10.2 Å². The van der Waals surface area contributed by atoms with Crippen LogP contribution in [0.3, 0.4) is 0 Å².